The van der Waals surface area contributed by atoms with Gasteiger partial charge < -0.3 is 5.11 Å². The van der Waals surface area contributed by atoms with E-state index >= 15 is 0 Å². The number of allylic oxidation sites excluding steroid dienone is 1. The second-order valence-corrected chi connectivity index (χ2v) is 4.16. The number of carboxylic acids is 1. The lowest BCUT2D eigenvalue weighted by atomic mass is 9.88. The first-order valence-electron chi connectivity index (χ1n) is 4.77. The molecule has 13 heavy (non-hydrogen) atoms. The molecular formula is C10H13FO2. The Kier molecular flexibility index (Phi) is 2.10. The summed E-state index contributed by atoms with van der Waals surface area (Å²) in [6.07, 6.45) is 5.88. The fraction of sp³-hybridized carbons (Fsp3) is 0.700. The molecule has 2 bridgehead atoms. The molecule has 0 heterocycles. The molecule has 0 aromatic heterocycles. The third-order valence-corrected chi connectivity index (χ3v) is 3.36. The van der Waals surface area contributed by atoms with Gasteiger partial charge in [0.15, 0.2) is 0 Å². The van der Waals surface area contributed by atoms with Crippen LogP contribution in [0.5, 0.6) is 0 Å². The molecule has 0 saturated heterocycles. The maximum absolute atomic E-state index is 12.8. The molecule has 2 rings (SSSR count). The van der Waals surface area contributed by atoms with E-state index in [1.54, 1.807) is 0 Å². The third-order valence-electron chi connectivity index (χ3n) is 3.36. The zero-order valence-corrected chi connectivity index (χ0v) is 7.37. The molecule has 2 nitrogen and oxygen atoms in total. The third kappa shape index (κ3) is 1.60. The number of hydrogen-bond acceptors (Lipinski definition) is 1. The van der Waals surface area contributed by atoms with Crippen LogP contribution in [0, 0.1) is 17.8 Å². The van der Waals surface area contributed by atoms with Gasteiger partial charge in [0.05, 0.1) is 0 Å². The fourth-order valence-electron chi connectivity index (χ4n) is 2.76. The molecule has 0 aliphatic heterocycles. The normalized spacial score (nSPS) is 38.2. The molecule has 3 unspecified atom stereocenters. The van der Waals surface area contributed by atoms with Crippen molar-refractivity contribution in [2.45, 2.75) is 25.7 Å². The highest BCUT2D eigenvalue weighted by molar-refractivity contribution is 5.83. The first kappa shape index (κ1) is 8.73. The Bertz CT molecular complexity index is 260. The predicted octanol–water partition coefficient (Wildman–Crippen LogP) is 2.36. The molecule has 0 aromatic rings. The van der Waals surface area contributed by atoms with Gasteiger partial charge >= 0.3 is 5.97 Å². The highest BCUT2D eigenvalue weighted by atomic mass is 19.1. The van der Waals surface area contributed by atoms with Gasteiger partial charge in [0.25, 0.3) is 0 Å². The first-order valence-corrected chi connectivity index (χ1v) is 4.77. The van der Waals surface area contributed by atoms with E-state index in [1.807, 2.05) is 0 Å². The molecule has 2 aliphatic carbocycles. The van der Waals surface area contributed by atoms with E-state index in [1.165, 1.54) is 18.9 Å². The van der Waals surface area contributed by atoms with Gasteiger partial charge in [-0.05, 0) is 43.1 Å². The van der Waals surface area contributed by atoms with Crippen LogP contribution < -0.4 is 0 Å². The van der Waals surface area contributed by atoms with Gasteiger partial charge in [0, 0.05) is 0 Å². The van der Waals surface area contributed by atoms with Crippen molar-refractivity contribution in [1.82, 2.24) is 0 Å². The second-order valence-electron chi connectivity index (χ2n) is 4.16. The Morgan fingerprint density at radius 3 is 2.62 bits per heavy atom. The Labute approximate surface area is 76.4 Å². The van der Waals surface area contributed by atoms with Crippen LogP contribution in [-0.4, -0.2) is 11.1 Å². The maximum Gasteiger partial charge on any atom is 0.364 e. The Hall–Kier alpha value is -0.860. The summed E-state index contributed by atoms with van der Waals surface area (Å²) >= 11 is 0. The number of halogens is 1. The van der Waals surface area contributed by atoms with E-state index in [0.29, 0.717) is 5.92 Å². The van der Waals surface area contributed by atoms with Gasteiger partial charge in [-0.2, -0.15) is 4.39 Å². The van der Waals surface area contributed by atoms with Crippen molar-refractivity contribution in [2.24, 2.45) is 17.8 Å². The average Bonchev–Trinajstić information content (AvgIpc) is 2.64. The van der Waals surface area contributed by atoms with Crippen molar-refractivity contribution >= 4 is 5.97 Å². The highest BCUT2D eigenvalue weighted by Crippen LogP contribution is 2.49. The van der Waals surface area contributed by atoms with Crippen molar-refractivity contribution in [2.75, 3.05) is 0 Å². The molecule has 3 heteroatoms. The maximum atomic E-state index is 12.8. The summed E-state index contributed by atoms with van der Waals surface area (Å²) in [4.78, 5) is 10.2. The zero-order valence-electron chi connectivity index (χ0n) is 7.37. The largest absolute Gasteiger partial charge is 0.476 e. The molecule has 2 saturated carbocycles. The summed E-state index contributed by atoms with van der Waals surface area (Å²) in [6, 6.07) is 0. The van der Waals surface area contributed by atoms with E-state index in [-0.39, 0.29) is 5.92 Å². The number of carboxylic acid groups (broad SMARTS) is 1. The minimum Gasteiger partial charge on any atom is -0.476 e. The van der Waals surface area contributed by atoms with Gasteiger partial charge in [0.2, 0.25) is 5.83 Å². The van der Waals surface area contributed by atoms with Crippen molar-refractivity contribution in [1.29, 1.82) is 0 Å². The topological polar surface area (TPSA) is 37.3 Å². The molecule has 3 atom stereocenters. The van der Waals surface area contributed by atoms with E-state index in [4.69, 9.17) is 5.11 Å². The van der Waals surface area contributed by atoms with Crippen LogP contribution in [0.3, 0.4) is 0 Å². The molecule has 0 radical (unpaired) electrons. The van der Waals surface area contributed by atoms with E-state index in [2.05, 4.69) is 0 Å². The van der Waals surface area contributed by atoms with E-state index in [9.17, 15) is 9.18 Å². The molecule has 2 fully saturated rings. The van der Waals surface area contributed by atoms with Gasteiger partial charge in [-0.3, -0.25) is 0 Å². The molecular weight excluding hydrogens is 171 g/mol. The second kappa shape index (κ2) is 3.13. The Morgan fingerprint density at radius 2 is 2.15 bits per heavy atom. The molecule has 72 valence electrons. The smallest absolute Gasteiger partial charge is 0.364 e. The van der Waals surface area contributed by atoms with Gasteiger partial charge in [0.1, 0.15) is 0 Å². The van der Waals surface area contributed by atoms with Crippen LogP contribution in [0.25, 0.3) is 0 Å². The molecule has 2 aliphatic rings. The molecule has 1 N–H and O–H groups in total. The first-order chi connectivity index (χ1) is 6.16. The van der Waals surface area contributed by atoms with Crippen LogP contribution in [0.4, 0.5) is 4.39 Å². The standard InChI is InChI=1S/C10H13FO2/c11-9(10(12)13)5-8-4-6-1-2-7(8)3-6/h5-8H,1-4H2,(H,12,13). The van der Waals surface area contributed by atoms with Crippen molar-refractivity contribution in [3.05, 3.63) is 11.9 Å². The van der Waals surface area contributed by atoms with E-state index < -0.39 is 11.8 Å². The fourth-order valence-corrected chi connectivity index (χ4v) is 2.76. The predicted molar refractivity (Wildman–Crippen MR) is 45.8 cm³/mol. The minimum atomic E-state index is -1.43. The average molecular weight is 184 g/mol. The van der Waals surface area contributed by atoms with Gasteiger partial charge in [-0.1, -0.05) is 6.42 Å². The number of hydrogen-bond donors (Lipinski definition) is 1. The van der Waals surface area contributed by atoms with Crippen LogP contribution in [-0.2, 0) is 4.79 Å². The van der Waals surface area contributed by atoms with Gasteiger partial charge in [-0.25, -0.2) is 4.79 Å². The monoisotopic (exact) mass is 184 g/mol. The quantitative estimate of drug-likeness (QED) is 0.669. The zero-order chi connectivity index (χ0) is 9.42. The summed E-state index contributed by atoms with van der Waals surface area (Å²) in [7, 11) is 0. The number of carbonyl (C=O) groups is 1. The van der Waals surface area contributed by atoms with Crippen LogP contribution >= 0.6 is 0 Å². The van der Waals surface area contributed by atoms with Crippen molar-refractivity contribution in [3.8, 4) is 0 Å². The molecule has 0 amide bonds. The number of aliphatic carboxylic acids is 1. The highest BCUT2D eigenvalue weighted by Gasteiger charge is 2.38. The summed E-state index contributed by atoms with van der Waals surface area (Å²) in [5.74, 6) is -0.932. The lowest BCUT2D eigenvalue weighted by Gasteiger charge is -2.17. The van der Waals surface area contributed by atoms with Crippen LogP contribution in [0.2, 0.25) is 0 Å². The lowest BCUT2D eigenvalue weighted by Crippen LogP contribution is -2.09. The minimum absolute atomic E-state index is 0.190. The molecule has 0 spiro atoms. The van der Waals surface area contributed by atoms with Crippen molar-refractivity contribution in [3.63, 3.8) is 0 Å². The SMILES string of the molecule is O=C(O)C(F)=CC1CC2CCC1C2. The molecule has 0 aromatic carbocycles. The number of rotatable bonds is 2. The Balaban J connectivity index is 2.03. The summed E-state index contributed by atoms with van der Waals surface area (Å²) < 4.78 is 12.8. The van der Waals surface area contributed by atoms with Gasteiger partial charge in [-0.15, -0.1) is 0 Å². The summed E-state index contributed by atoms with van der Waals surface area (Å²) in [5, 5.41) is 8.37. The Morgan fingerprint density at radius 1 is 1.38 bits per heavy atom. The van der Waals surface area contributed by atoms with Crippen LogP contribution in [0.1, 0.15) is 25.7 Å². The van der Waals surface area contributed by atoms with Crippen molar-refractivity contribution < 1.29 is 14.3 Å². The summed E-state index contributed by atoms with van der Waals surface area (Å²) in [5.41, 5.74) is 0. The number of fused-ring (bicyclic) bond motifs is 2. The van der Waals surface area contributed by atoms with Crippen LogP contribution in [0.15, 0.2) is 11.9 Å². The van der Waals surface area contributed by atoms with E-state index in [0.717, 1.165) is 18.8 Å². The summed E-state index contributed by atoms with van der Waals surface area (Å²) in [6.45, 7) is 0. The lowest BCUT2D eigenvalue weighted by molar-refractivity contribution is -0.134.